The Hall–Kier alpha value is -1.84. The Balaban J connectivity index is 2.10. The zero-order valence-corrected chi connectivity index (χ0v) is 11.5. The number of fused-ring (bicyclic) bond motifs is 1. The van der Waals surface area contributed by atoms with Crippen molar-refractivity contribution in [3.05, 3.63) is 29.5 Å². The first-order valence-electron chi connectivity index (χ1n) is 6.57. The Bertz CT molecular complexity index is 544. The van der Waals surface area contributed by atoms with Crippen molar-refractivity contribution in [3.63, 3.8) is 0 Å². The van der Waals surface area contributed by atoms with Crippen LogP contribution in [0.4, 0.5) is 0 Å². The predicted octanol–water partition coefficient (Wildman–Crippen LogP) is -1.25. The lowest BCUT2D eigenvalue weighted by atomic mass is 10.0. The predicted molar refractivity (Wildman–Crippen MR) is 74.3 cm³/mol. The monoisotopic (exact) mass is 314 g/mol. The standard InChI is InChI=1S/C14H18O8/c15-5-9(17)13(19)14(20)12(18)8(16)3-7-1-2-10-11(4-7)22-6-21-10/h1-4,9,12-20H,5-6H2/t9-,12+,13-,14-/m1/s1. The molecule has 0 amide bonds. The van der Waals surface area contributed by atoms with E-state index >= 15 is 0 Å². The molecule has 0 fully saturated rings. The maximum absolute atomic E-state index is 9.82. The molecule has 122 valence electrons. The summed E-state index contributed by atoms with van der Waals surface area (Å²) in [6.45, 7) is -0.696. The minimum atomic E-state index is -1.87. The average molecular weight is 314 g/mol. The van der Waals surface area contributed by atoms with Gasteiger partial charge in [-0.1, -0.05) is 6.07 Å². The fourth-order valence-corrected chi connectivity index (χ4v) is 1.96. The largest absolute Gasteiger partial charge is 0.509 e. The molecule has 8 heteroatoms. The molecule has 2 rings (SSSR count). The number of benzene rings is 1. The number of aliphatic hydroxyl groups is 6. The molecule has 1 heterocycles. The molecule has 4 atom stereocenters. The van der Waals surface area contributed by atoms with Crippen LogP contribution in [0.2, 0.25) is 0 Å². The summed E-state index contributed by atoms with van der Waals surface area (Å²) >= 11 is 0. The molecule has 22 heavy (non-hydrogen) atoms. The molecule has 1 aromatic carbocycles. The van der Waals surface area contributed by atoms with Gasteiger partial charge < -0.3 is 40.1 Å². The van der Waals surface area contributed by atoms with Crippen molar-refractivity contribution in [2.45, 2.75) is 24.4 Å². The van der Waals surface area contributed by atoms with Gasteiger partial charge in [0.05, 0.1) is 6.61 Å². The summed E-state index contributed by atoms with van der Waals surface area (Å²) < 4.78 is 10.3. The minimum Gasteiger partial charge on any atom is -0.509 e. The van der Waals surface area contributed by atoms with E-state index in [1.807, 2.05) is 0 Å². The van der Waals surface area contributed by atoms with Crippen LogP contribution in [0, 0.1) is 0 Å². The number of hydrogen-bond donors (Lipinski definition) is 6. The summed E-state index contributed by atoms with van der Waals surface area (Å²) in [6, 6.07) is 4.78. The van der Waals surface area contributed by atoms with E-state index in [-0.39, 0.29) is 6.79 Å². The summed E-state index contributed by atoms with van der Waals surface area (Å²) in [5, 5.41) is 56.7. The van der Waals surface area contributed by atoms with Crippen LogP contribution in [-0.2, 0) is 0 Å². The molecule has 6 N–H and O–H groups in total. The van der Waals surface area contributed by atoms with Gasteiger partial charge in [0.25, 0.3) is 0 Å². The van der Waals surface area contributed by atoms with Crippen LogP contribution in [-0.4, -0.2) is 68.5 Å². The van der Waals surface area contributed by atoms with Crippen molar-refractivity contribution >= 4 is 6.08 Å². The Morgan fingerprint density at radius 3 is 2.45 bits per heavy atom. The fraction of sp³-hybridized carbons (Fsp3) is 0.429. The summed E-state index contributed by atoms with van der Waals surface area (Å²) in [4.78, 5) is 0. The Morgan fingerprint density at radius 2 is 1.77 bits per heavy atom. The van der Waals surface area contributed by atoms with Crippen molar-refractivity contribution in [2.75, 3.05) is 13.4 Å². The van der Waals surface area contributed by atoms with Gasteiger partial charge in [0, 0.05) is 0 Å². The lowest BCUT2D eigenvalue weighted by molar-refractivity contribution is -0.112. The maximum atomic E-state index is 9.82. The van der Waals surface area contributed by atoms with Gasteiger partial charge in [0.15, 0.2) is 11.5 Å². The fourth-order valence-electron chi connectivity index (χ4n) is 1.96. The Morgan fingerprint density at radius 1 is 1.09 bits per heavy atom. The van der Waals surface area contributed by atoms with E-state index in [0.29, 0.717) is 17.1 Å². The molecule has 0 spiro atoms. The Labute approximate surface area is 126 Å². The second-order valence-electron chi connectivity index (χ2n) is 4.86. The molecule has 8 nitrogen and oxygen atoms in total. The van der Waals surface area contributed by atoms with E-state index in [2.05, 4.69) is 0 Å². The molecule has 0 bridgehead atoms. The van der Waals surface area contributed by atoms with Gasteiger partial charge in [0.2, 0.25) is 6.79 Å². The van der Waals surface area contributed by atoms with Crippen LogP contribution in [0.1, 0.15) is 5.56 Å². The highest BCUT2D eigenvalue weighted by molar-refractivity contribution is 5.58. The first-order chi connectivity index (χ1) is 10.4. The highest BCUT2D eigenvalue weighted by Gasteiger charge is 2.32. The summed E-state index contributed by atoms with van der Waals surface area (Å²) in [7, 11) is 0. The summed E-state index contributed by atoms with van der Waals surface area (Å²) in [5.41, 5.74) is 0.477. The van der Waals surface area contributed by atoms with E-state index in [0.717, 1.165) is 0 Å². The zero-order chi connectivity index (χ0) is 16.3. The smallest absolute Gasteiger partial charge is 0.231 e. The lowest BCUT2D eigenvalue weighted by Gasteiger charge is -2.25. The first kappa shape index (κ1) is 16.5. The molecule has 1 aliphatic rings. The second kappa shape index (κ2) is 6.95. The molecular formula is C14H18O8. The van der Waals surface area contributed by atoms with Crippen LogP contribution < -0.4 is 9.47 Å². The summed E-state index contributed by atoms with van der Waals surface area (Å²) in [6.07, 6.45) is -5.97. The van der Waals surface area contributed by atoms with Crippen LogP contribution in [0.3, 0.4) is 0 Å². The van der Waals surface area contributed by atoms with Crippen LogP contribution in [0.5, 0.6) is 11.5 Å². The molecule has 0 aliphatic carbocycles. The van der Waals surface area contributed by atoms with Gasteiger partial charge in [-0.2, -0.15) is 0 Å². The van der Waals surface area contributed by atoms with Crippen LogP contribution >= 0.6 is 0 Å². The Kier molecular flexibility index (Phi) is 5.22. The van der Waals surface area contributed by atoms with Gasteiger partial charge >= 0.3 is 0 Å². The van der Waals surface area contributed by atoms with Gasteiger partial charge in [-0.25, -0.2) is 0 Å². The number of hydrogen-bond acceptors (Lipinski definition) is 8. The van der Waals surface area contributed by atoms with Gasteiger partial charge in [0.1, 0.15) is 30.2 Å². The molecule has 0 radical (unpaired) electrons. The van der Waals surface area contributed by atoms with Crippen molar-refractivity contribution in [1.29, 1.82) is 0 Å². The van der Waals surface area contributed by atoms with Crippen molar-refractivity contribution in [2.24, 2.45) is 0 Å². The lowest BCUT2D eigenvalue weighted by Crippen LogP contribution is -2.46. The quantitative estimate of drug-likeness (QED) is 0.358. The zero-order valence-electron chi connectivity index (χ0n) is 11.5. The highest BCUT2D eigenvalue weighted by atomic mass is 16.7. The first-order valence-corrected chi connectivity index (χ1v) is 6.57. The third kappa shape index (κ3) is 3.49. The maximum Gasteiger partial charge on any atom is 0.231 e. The van der Waals surface area contributed by atoms with E-state index < -0.39 is 36.8 Å². The molecule has 0 saturated heterocycles. The second-order valence-corrected chi connectivity index (χ2v) is 4.86. The number of rotatable bonds is 6. The van der Waals surface area contributed by atoms with E-state index in [1.54, 1.807) is 18.2 Å². The SMILES string of the molecule is OC[C@@H](O)[C@@H](O)[C@H](O)[C@@H](O)C(O)=Cc1ccc2c(c1)OCO2. The van der Waals surface area contributed by atoms with Gasteiger partial charge in [-0.05, 0) is 23.8 Å². The molecule has 0 saturated carbocycles. The third-order valence-corrected chi connectivity index (χ3v) is 3.27. The third-order valence-electron chi connectivity index (χ3n) is 3.27. The van der Waals surface area contributed by atoms with Crippen molar-refractivity contribution in [3.8, 4) is 11.5 Å². The number of aliphatic hydroxyl groups excluding tert-OH is 6. The van der Waals surface area contributed by atoms with E-state index in [4.69, 9.17) is 14.6 Å². The topological polar surface area (TPSA) is 140 Å². The van der Waals surface area contributed by atoms with Crippen molar-refractivity contribution < 1.29 is 40.1 Å². The van der Waals surface area contributed by atoms with Crippen molar-refractivity contribution in [1.82, 2.24) is 0 Å². The van der Waals surface area contributed by atoms with E-state index in [1.165, 1.54) is 6.08 Å². The molecule has 1 aliphatic heterocycles. The molecule has 0 unspecified atom stereocenters. The van der Waals surface area contributed by atoms with E-state index in [9.17, 15) is 25.5 Å². The van der Waals surface area contributed by atoms with Crippen LogP contribution in [0.15, 0.2) is 24.0 Å². The van der Waals surface area contributed by atoms with Gasteiger partial charge in [-0.15, -0.1) is 0 Å². The van der Waals surface area contributed by atoms with Gasteiger partial charge in [-0.3, -0.25) is 0 Å². The molecular weight excluding hydrogens is 296 g/mol. The normalized spacial score (nSPS) is 19.6. The summed E-state index contributed by atoms with van der Waals surface area (Å²) in [5.74, 6) is 0.418. The average Bonchev–Trinajstić information content (AvgIpc) is 2.99. The number of ether oxygens (including phenoxy) is 2. The minimum absolute atomic E-state index is 0.0983. The molecule has 0 aromatic heterocycles. The highest BCUT2D eigenvalue weighted by Crippen LogP contribution is 2.33. The van der Waals surface area contributed by atoms with Crippen LogP contribution in [0.25, 0.3) is 6.08 Å². The molecule has 1 aromatic rings.